The highest BCUT2D eigenvalue weighted by Crippen LogP contribution is 2.54. The molecule has 1 heterocycles. The molecule has 1 aliphatic rings. The Labute approximate surface area is 97.7 Å². The smallest absolute Gasteiger partial charge is 0.0624 e. The molecule has 88 valence electrons. The second kappa shape index (κ2) is 4.50. The van der Waals surface area contributed by atoms with E-state index in [0.29, 0.717) is 17.4 Å². The molecule has 2 rings (SSSR count). The average Bonchev–Trinajstić information content (AvgIpc) is 2.34. The lowest BCUT2D eigenvalue weighted by Gasteiger charge is -2.54. The summed E-state index contributed by atoms with van der Waals surface area (Å²) in [5.74, 6) is 0.565. The molecule has 1 aliphatic carbocycles. The quantitative estimate of drug-likeness (QED) is 0.844. The van der Waals surface area contributed by atoms with Crippen molar-refractivity contribution in [3.8, 4) is 0 Å². The van der Waals surface area contributed by atoms with Gasteiger partial charge < -0.3 is 5.32 Å². The van der Waals surface area contributed by atoms with Crippen molar-refractivity contribution in [2.24, 2.45) is 5.41 Å². The fourth-order valence-electron chi connectivity index (χ4n) is 2.86. The summed E-state index contributed by atoms with van der Waals surface area (Å²) in [6.45, 7) is 7.86. The van der Waals surface area contributed by atoms with Crippen molar-refractivity contribution in [1.82, 2.24) is 15.3 Å². The molecular weight excluding hydrogens is 198 g/mol. The van der Waals surface area contributed by atoms with Crippen LogP contribution < -0.4 is 5.32 Å². The van der Waals surface area contributed by atoms with Gasteiger partial charge in [-0.3, -0.25) is 9.97 Å². The van der Waals surface area contributed by atoms with Gasteiger partial charge in [0.2, 0.25) is 0 Å². The van der Waals surface area contributed by atoms with Crippen molar-refractivity contribution >= 4 is 0 Å². The average molecular weight is 219 g/mol. The zero-order valence-corrected chi connectivity index (χ0v) is 10.4. The summed E-state index contributed by atoms with van der Waals surface area (Å²) in [5, 5.41) is 3.58. The molecule has 1 aromatic heterocycles. The first kappa shape index (κ1) is 11.5. The van der Waals surface area contributed by atoms with Gasteiger partial charge in [-0.1, -0.05) is 20.8 Å². The SMILES string of the molecule is CCNC1CC(c2cnccn2)C1(C)CC. The fraction of sp³-hybridized carbons (Fsp3) is 0.692. The number of hydrogen-bond donors (Lipinski definition) is 1. The van der Waals surface area contributed by atoms with E-state index in [1.807, 2.05) is 6.20 Å². The molecule has 0 bridgehead atoms. The van der Waals surface area contributed by atoms with Crippen LogP contribution in [0.1, 0.15) is 45.2 Å². The number of nitrogens with zero attached hydrogens (tertiary/aromatic N) is 2. The van der Waals surface area contributed by atoms with Crippen LogP contribution >= 0.6 is 0 Å². The first-order valence-corrected chi connectivity index (χ1v) is 6.21. The lowest BCUT2D eigenvalue weighted by Crippen LogP contribution is -2.56. The molecule has 1 aromatic rings. The van der Waals surface area contributed by atoms with Crippen LogP contribution in [-0.4, -0.2) is 22.6 Å². The number of rotatable bonds is 4. The highest BCUT2D eigenvalue weighted by atomic mass is 15.0. The highest BCUT2D eigenvalue weighted by molar-refractivity contribution is 5.19. The van der Waals surface area contributed by atoms with Gasteiger partial charge in [-0.15, -0.1) is 0 Å². The van der Waals surface area contributed by atoms with Crippen molar-refractivity contribution in [1.29, 1.82) is 0 Å². The molecule has 16 heavy (non-hydrogen) atoms. The van der Waals surface area contributed by atoms with Crippen LogP contribution in [0.15, 0.2) is 18.6 Å². The third-order valence-corrected chi connectivity index (χ3v) is 4.22. The summed E-state index contributed by atoms with van der Waals surface area (Å²) in [7, 11) is 0. The standard InChI is InChI=1S/C13H21N3/c1-4-13(3)10(8-12(13)15-5-2)11-9-14-6-7-16-11/h6-7,9-10,12,15H,4-5,8H2,1-3H3. The predicted molar refractivity (Wildman–Crippen MR) is 65.3 cm³/mol. The third-order valence-electron chi connectivity index (χ3n) is 4.22. The minimum absolute atomic E-state index is 0.339. The van der Waals surface area contributed by atoms with Gasteiger partial charge in [0, 0.05) is 30.6 Å². The number of aromatic nitrogens is 2. The molecule has 0 spiro atoms. The van der Waals surface area contributed by atoms with Gasteiger partial charge in [-0.2, -0.15) is 0 Å². The second-order valence-corrected chi connectivity index (χ2v) is 4.89. The van der Waals surface area contributed by atoms with Crippen LogP contribution in [0.2, 0.25) is 0 Å². The fourth-order valence-corrected chi connectivity index (χ4v) is 2.86. The molecule has 0 aromatic carbocycles. The lowest BCUT2D eigenvalue weighted by molar-refractivity contribution is 0.0429. The molecule has 0 amide bonds. The maximum absolute atomic E-state index is 4.45. The van der Waals surface area contributed by atoms with Crippen molar-refractivity contribution in [2.75, 3.05) is 6.54 Å². The molecule has 3 atom stereocenters. The monoisotopic (exact) mass is 219 g/mol. The van der Waals surface area contributed by atoms with Crippen LogP contribution in [0.25, 0.3) is 0 Å². The molecule has 1 saturated carbocycles. The number of hydrogen-bond acceptors (Lipinski definition) is 3. The first-order valence-electron chi connectivity index (χ1n) is 6.21. The summed E-state index contributed by atoms with van der Waals surface area (Å²) in [4.78, 5) is 8.62. The topological polar surface area (TPSA) is 37.8 Å². The number of nitrogens with one attached hydrogen (secondary N) is 1. The summed E-state index contributed by atoms with van der Waals surface area (Å²) in [6.07, 6.45) is 7.84. The molecule has 3 nitrogen and oxygen atoms in total. The second-order valence-electron chi connectivity index (χ2n) is 4.89. The van der Waals surface area contributed by atoms with Crippen molar-refractivity contribution < 1.29 is 0 Å². The zero-order valence-electron chi connectivity index (χ0n) is 10.4. The van der Waals surface area contributed by atoms with E-state index in [-0.39, 0.29) is 0 Å². The van der Waals surface area contributed by atoms with Gasteiger partial charge in [0.05, 0.1) is 5.69 Å². The van der Waals surface area contributed by atoms with Crippen molar-refractivity contribution in [2.45, 2.75) is 45.6 Å². The Morgan fingerprint density at radius 2 is 2.25 bits per heavy atom. The van der Waals surface area contributed by atoms with Crippen LogP contribution in [0, 0.1) is 5.41 Å². The zero-order chi connectivity index (χ0) is 11.6. The Kier molecular flexibility index (Phi) is 3.24. The van der Waals surface area contributed by atoms with Gasteiger partial charge in [0.25, 0.3) is 0 Å². The lowest BCUT2D eigenvalue weighted by atomic mass is 9.55. The minimum atomic E-state index is 0.339. The van der Waals surface area contributed by atoms with Crippen LogP contribution in [0.5, 0.6) is 0 Å². The van der Waals surface area contributed by atoms with Crippen LogP contribution in [0.3, 0.4) is 0 Å². The van der Waals surface area contributed by atoms with Crippen LogP contribution in [0.4, 0.5) is 0 Å². The summed E-state index contributed by atoms with van der Waals surface area (Å²) < 4.78 is 0. The van der Waals surface area contributed by atoms with Gasteiger partial charge >= 0.3 is 0 Å². The van der Waals surface area contributed by atoms with E-state index >= 15 is 0 Å². The Morgan fingerprint density at radius 3 is 2.81 bits per heavy atom. The maximum atomic E-state index is 4.45. The van der Waals surface area contributed by atoms with E-state index < -0.39 is 0 Å². The van der Waals surface area contributed by atoms with Crippen LogP contribution in [-0.2, 0) is 0 Å². The molecule has 3 heteroatoms. The Morgan fingerprint density at radius 1 is 1.44 bits per heavy atom. The molecule has 0 saturated heterocycles. The first-order chi connectivity index (χ1) is 7.72. The third kappa shape index (κ3) is 1.73. The Balaban J connectivity index is 2.14. The van der Waals surface area contributed by atoms with Crippen molar-refractivity contribution in [3.05, 3.63) is 24.3 Å². The summed E-state index contributed by atoms with van der Waals surface area (Å²) in [6, 6.07) is 0.634. The molecule has 3 unspecified atom stereocenters. The Hall–Kier alpha value is -0.960. The molecule has 0 aliphatic heterocycles. The van der Waals surface area contributed by atoms with Gasteiger partial charge in [-0.05, 0) is 24.8 Å². The van der Waals surface area contributed by atoms with Crippen molar-refractivity contribution in [3.63, 3.8) is 0 Å². The summed E-state index contributed by atoms with van der Waals surface area (Å²) >= 11 is 0. The van der Waals surface area contributed by atoms with E-state index in [4.69, 9.17) is 0 Å². The van der Waals surface area contributed by atoms with E-state index in [1.54, 1.807) is 12.4 Å². The maximum Gasteiger partial charge on any atom is 0.0624 e. The van der Waals surface area contributed by atoms with E-state index in [9.17, 15) is 0 Å². The van der Waals surface area contributed by atoms with E-state index in [2.05, 4.69) is 36.1 Å². The predicted octanol–water partition coefficient (Wildman–Crippen LogP) is 2.36. The van der Waals surface area contributed by atoms with E-state index in [1.165, 1.54) is 12.8 Å². The van der Waals surface area contributed by atoms with E-state index in [0.717, 1.165) is 12.2 Å². The highest BCUT2D eigenvalue weighted by Gasteiger charge is 2.51. The van der Waals surface area contributed by atoms with Gasteiger partial charge in [-0.25, -0.2) is 0 Å². The minimum Gasteiger partial charge on any atom is -0.314 e. The van der Waals surface area contributed by atoms with Gasteiger partial charge in [0.15, 0.2) is 0 Å². The Bertz CT molecular complexity index is 338. The van der Waals surface area contributed by atoms with Gasteiger partial charge in [0.1, 0.15) is 0 Å². The molecular formula is C13H21N3. The molecule has 1 N–H and O–H groups in total. The largest absolute Gasteiger partial charge is 0.314 e. The summed E-state index contributed by atoms with van der Waals surface area (Å²) in [5.41, 5.74) is 1.49. The molecule has 1 fully saturated rings. The molecule has 0 radical (unpaired) electrons. The normalized spacial score (nSPS) is 33.4.